The van der Waals surface area contributed by atoms with E-state index >= 15 is 0 Å². The molecule has 2 fully saturated rings. The molecule has 0 spiro atoms. The van der Waals surface area contributed by atoms with Crippen molar-refractivity contribution in [2.24, 2.45) is 10.7 Å². The summed E-state index contributed by atoms with van der Waals surface area (Å²) in [6.45, 7) is 15.7. The lowest BCUT2D eigenvalue weighted by atomic mass is 10.2. The van der Waals surface area contributed by atoms with Gasteiger partial charge in [0.05, 0.1) is 6.54 Å². The van der Waals surface area contributed by atoms with Crippen molar-refractivity contribution >= 4 is 12.1 Å². The average molecular weight is 383 g/mol. The first kappa shape index (κ1) is 21.8. The Labute approximate surface area is 164 Å². The summed E-state index contributed by atoms with van der Waals surface area (Å²) >= 11 is 0. The van der Waals surface area contributed by atoms with Crippen molar-refractivity contribution < 1.29 is 9.53 Å². The van der Waals surface area contributed by atoms with Crippen LogP contribution in [0.5, 0.6) is 0 Å². The third kappa shape index (κ3) is 7.54. The Kier molecular flexibility index (Phi) is 8.16. The topological polar surface area (TPSA) is 86.4 Å². The molecule has 1 unspecified atom stereocenters. The summed E-state index contributed by atoms with van der Waals surface area (Å²) in [6.07, 6.45) is 2.26. The van der Waals surface area contributed by atoms with Crippen LogP contribution in [0.15, 0.2) is 4.99 Å². The van der Waals surface area contributed by atoms with Gasteiger partial charge in [0.15, 0.2) is 5.96 Å². The predicted molar refractivity (Wildman–Crippen MR) is 109 cm³/mol. The Morgan fingerprint density at radius 2 is 1.93 bits per heavy atom. The van der Waals surface area contributed by atoms with Crippen LogP contribution in [-0.2, 0) is 4.74 Å². The highest BCUT2D eigenvalue weighted by Gasteiger charge is 2.25. The number of nitrogens with zero attached hydrogens (tertiary/aromatic N) is 4. The van der Waals surface area contributed by atoms with Gasteiger partial charge >= 0.3 is 6.09 Å². The molecule has 2 heterocycles. The van der Waals surface area contributed by atoms with E-state index in [1.807, 2.05) is 20.8 Å². The second-order valence-corrected chi connectivity index (χ2v) is 8.39. The summed E-state index contributed by atoms with van der Waals surface area (Å²) in [6, 6.07) is 0.538. The standard InChI is InChI=1S/C19H38N6O2/c1-5-24-9-6-7-16(24)15-22-17(20)21-8-10-23-11-13-25(14-12-23)18(26)27-19(2,3)4/h16H,5-15H2,1-4H3,(H3,20,21,22). The first-order chi connectivity index (χ1) is 12.8. The van der Waals surface area contributed by atoms with E-state index in [-0.39, 0.29) is 6.09 Å². The first-order valence-electron chi connectivity index (χ1n) is 10.3. The van der Waals surface area contributed by atoms with Crippen LogP contribution in [0.2, 0.25) is 0 Å². The molecule has 0 aliphatic carbocycles. The number of carbonyl (C=O) groups is 1. The summed E-state index contributed by atoms with van der Waals surface area (Å²) in [4.78, 5) is 23.2. The monoisotopic (exact) mass is 382 g/mol. The molecule has 0 aromatic rings. The number of nitrogens with two attached hydrogens (primary N) is 1. The maximum atomic E-state index is 12.1. The van der Waals surface area contributed by atoms with Gasteiger partial charge in [-0.3, -0.25) is 14.8 Å². The number of likely N-dealkylation sites (N-methyl/N-ethyl adjacent to an activating group) is 1. The van der Waals surface area contributed by atoms with Crippen molar-refractivity contribution in [2.45, 2.75) is 52.2 Å². The molecule has 8 heteroatoms. The maximum Gasteiger partial charge on any atom is 0.410 e. The lowest BCUT2D eigenvalue weighted by Gasteiger charge is -2.35. The van der Waals surface area contributed by atoms with Crippen molar-refractivity contribution in [1.29, 1.82) is 0 Å². The fourth-order valence-corrected chi connectivity index (χ4v) is 3.60. The lowest BCUT2D eigenvalue weighted by Crippen LogP contribution is -2.51. The molecule has 2 saturated heterocycles. The van der Waals surface area contributed by atoms with Crippen LogP contribution in [0, 0.1) is 0 Å². The molecule has 27 heavy (non-hydrogen) atoms. The molecular formula is C19H38N6O2. The number of piperazine rings is 1. The highest BCUT2D eigenvalue weighted by atomic mass is 16.6. The van der Waals surface area contributed by atoms with E-state index in [2.05, 4.69) is 27.0 Å². The van der Waals surface area contributed by atoms with Gasteiger partial charge in [0.25, 0.3) is 0 Å². The highest BCUT2D eigenvalue weighted by Crippen LogP contribution is 2.16. The Hall–Kier alpha value is -1.54. The molecule has 1 amide bonds. The molecule has 8 nitrogen and oxygen atoms in total. The summed E-state index contributed by atoms with van der Waals surface area (Å²) in [5.74, 6) is 0.533. The van der Waals surface area contributed by atoms with Crippen LogP contribution in [-0.4, -0.2) is 97.3 Å². The number of carbonyl (C=O) groups excluding carboxylic acids is 1. The molecule has 2 aliphatic heterocycles. The van der Waals surface area contributed by atoms with E-state index in [1.54, 1.807) is 4.90 Å². The normalized spacial score (nSPS) is 22.9. The number of hydrogen-bond acceptors (Lipinski definition) is 5. The third-order valence-electron chi connectivity index (χ3n) is 5.14. The lowest BCUT2D eigenvalue weighted by molar-refractivity contribution is 0.0147. The summed E-state index contributed by atoms with van der Waals surface area (Å²) in [5, 5.41) is 3.21. The number of guanidine groups is 1. The zero-order valence-corrected chi connectivity index (χ0v) is 17.5. The molecule has 0 aromatic heterocycles. The second kappa shape index (κ2) is 10.1. The van der Waals surface area contributed by atoms with Crippen LogP contribution in [0.3, 0.4) is 0 Å². The number of amides is 1. The second-order valence-electron chi connectivity index (χ2n) is 8.39. The molecule has 156 valence electrons. The van der Waals surface area contributed by atoms with Crippen molar-refractivity contribution in [3.8, 4) is 0 Å². The minimum atomic E-state index is -0.443. The predicted octanol–water partition coefficient (Wildman–Crippen LogP) is 0.928. The van der Waals surface area contributed by atoms with Crippen LogP contribution < -0.4 is 11.1 Å². The molecule has 3 N–H and O–H groups in total. The number of likely N-dealkylation sites (tertiary alicyclic amines) is 1. The van der Waals surface area contributed by atoms with Gasteiger partial charge in [-0.25, -0.2) is 4.79 Å². The van der Waals surface area contributed by atoms with Crippen LogP contribution >= 0.6 is 0 Å². The molecule has 0 aromatic carbocycles. The number of ether oxygens (including phenoxy) is 1. The van der Waals surface area contributed by atoms with Crippen molar-refractivity contribution in [1.82, 2.24) is 20.0 Å². The van der Waals surface area contributed by atoms with Gasteiger partial charge in [-0.05, 0) is 46.7 Å². The molecular weight excluding hydrogens is 344 g/mol. The molecule has 0 radical (unpaired) electrons. The molecule has 2 aliphatic rings. The van der Waals surface area contributed by atoms with E-state index in [0.29, 0.717) is 25.1 Å². The van der Waals surface area contributed by atoms with Gasteiger partial charge in [0, 0.05) is 45.3 Å². The Balaban J connectivity index is 1.61. The minimum absolute atomic E-state index is 0.218. The molecule has 2 rings (SSSR count). The Morgan fingerprint density at radius 3 is 2.56 bits per heavy atom. The minimum Gasteiger partial charge on any atom is -0.444 e. The molecule has 1 atom stereocenters. The zero-order valence-electron chi connectivity index (χ0n) is 17.5. The van der Waals surface area contributed by atoms with Crippen LogP contribution in [0.4, 0.5) is 4.79 Å². The summed E-state index contributed by atoms with van der Waals surface area (Å²) in [7, 11) is 0. The van der Waals surface area contributed by atoms with Gasteiger partial charge < -0.3 is 20.7 Å². The van der Waals surface area contributed by atoms with Crippen molar-refractivity contribution in [2.75, 3.05) is 58.9 Å². The van der Waals surface area contributed by atoms with E-state index in [1.165, 1.54) is 19.4 Å². The van der Waals surface area contributed by atoms with Gasteiger partial charge in [0.2, 0.25) is 0 Å². The molecule has 0 bridgehead atoms. The molecule has 0 saturated carbocycles. The number of nitrogens with one attached hydrogen (secondary N) is 1. The van der Waals surface area contributed by atoms with Gasteiger partial charge in [-0.15, -0.1) is 0 Å². The number of aliphatic imine (C=N–C) groups is 1. The Morgan fingerprint density at radius 1 is 1.22 bits per heavy atom. The highest BCUT2D eigenvalue weighted by molar-refractivity contribution is 5.77. The van der Waals surface area contributed by atoms with E-state index in [4.69, 9.17) is 10.5 Å². The number of rotatable bonds is 6. The zero-order chi connectivity index (χ0) is 19.9. The summed E-state index contributed by atoms with van der Waals surface area (Å²) < 4.78 is 5.43. The number of hydrogen-bond donors (Lipinski definition) is 2. The average Bonchev–Trinajstić information content (AvgIpc) is 3.06. The van der Waals surface area contributed by atoms with Crippen molar-refractivity contribution in [3.05, 3.63) is 0 Å². The largest absolute Gasteiger partial charge is 0.444 e. The maximum absolute atomic E-state index is 12.1. The van der Waals surface area contributed by atoms with Crippen LogP contribution in [0.1, 0.15) is 40.5 Å². The summed E-state index contributed by atoms with van der Waals surface area (Å²) in [5.41, 5.74) is 5.56. The van der Waals surface area contributed by atoms with E-state index < -0.39 is 5.60 Å². The van der Waals surface area contributed by atoms with Gasteiger partial charge in [-0.1, -0.05) is 6.92 Å². The van der Waals surface area contributed by atoms with E-state index in [9.17, 15) is 4.79 Å². The SMILES string of the molecule is CCN1CCCC1CN=C(N)NCCN1CCN(C(=O)OC(C)(C)C)CC1. The van der Waals surface area contributed by atoms with Crippen LogP contribution in [0.25, 0.3) is 0 Å². The fourth-order valence-electron chi connectivity index (χ4n) is 3.60. The fraction of sp³-hybridized carbons (Fsp3) is 0.895. The first-order valence-corrected chi connectivity index (χ1v) is 10.3. The van der Waals surface area contributed by atoms with Crippen molar-refractivity contribution in [3.63, 3.8) is 0 Å². The quantitative estimate of drug-likeness (QED) is 0.525. The van der Waals surface area contributed by atoms with Gasteiger partial charge in [-0.2, -0.15) is 0 Å². The van der Waals surface area contributed by atoms with E-state index in [0.717, 1.165) is 39.3 Å². The smallest absolute Gasteiger partial charge is 0.410 e. The Bertz CT molecular complexity index is 497. The van der Waals surface area contributed by atoms with Gasteiger partial charge in [0.1, 0.15) is 5.60 Å². The third-order valence-corrected chi connectivity index (χ3v) is 5.14.